The third-order valence-corrected chi connectivity index (χ3v) is 68.5. The average Bonchev–Trinajstić information content (AvgIpc) is 3.65. The van der Waals surface area contributed by atoms with Crippen molar-refractivity contribution < 1.29 is 66.6 Å². The van der Waals surface area contributed by atoms with E-state index in [0.29, 0.717) is 11.8 Å². The zero-order valence-electron chi connectivity index (χ0n) is 44.2. The molecular weight excluding hydrogens is 1260 g/mol. The zero-order valence-corrected chi connectivity index (χ0v) is 55.2. The number of halogens is 2. The van der Waals surface area contributed by atoms with Gasteiger partial charge in [-0.1, -0.05) is 0 Å². The van der Waals surface area contributed by atoms with Crippen LogP contribution in [0, 0.1) is 11.8 Å². The number of rotatable bonds is 12. The second-order valence-electron chi connectivity index (χ2n) is 21.3. The first-order valence-corrected chi connectivity index (χ1v) is 47.9. The normalized spacial score (nSPS) is 15.9. The molecule has 2 atom stereocenters. The van der Waals surface area contributed by atoms with Gasteiger partial charge < -0.3 is 24.8 Å². The van der Waals surface area contributed by atoms with Crippen molar-refractivity contribution in [3.05, 3.63) is 221 Å². The summed E-state index contributed by atoms with van der Waals surface area (Å²) >= 11 is -5.34. The van der Waals surface area contributed by atoms with Gasteiger partial charge >= 0.3 is 433 Å². The Kier molecular flexibility index (Phi) is 20.6. The van der Waals surface area contributed by atoms with E-state index in [1.54, 1.807) is 49.7 Å². The van der Waals surface area contributed by atoms with Gasteiger partial charge in [0.2, 0.25) is 0 Å². The Morgan fingerprint density at radius 3 is 0.829 bits per heavy atom. The Hall–Kier alpha value is -3.37. The van der Waals surface area contributed by atoms with E-state index in [2.05, 4.69) is 273 Å². The van der Waals surface area contributed by atoms with Crippen LogP contribution in [0.25, 0.3) is 0 Å². The van der Waals surface area contributed by atoms with Crippen molar-refractivity contribution in [2.45, 2.75) is 108 Å². The molecule has 0 radical (unpaired) electrons. The third-order valence-electron chi connectivity index (χ3n) is 15.0. The van der Waals surface area contributed by atoms with Crippen LogP contribution >= 0.6 is 0 Å². The van der Waals surface area contributed by atoms with E-state index in [9.17, 15) is 0 Å². The fourth-order valence-corrected chi connectivity index (χ4v) is 72.5. The van der Waals surface area contributed by atoms with Gasteiger partial charge in [0.05, 0.1) is 0 Å². The predicted molar refractivity (Wildman–Crippen MR) is 297 cm³/mol. The minimum absolute atomic E-state index is 0. The molecule has 2 aliphatic carbocycles. The Labute approximate surface area is 453 Å². The summed E-state index contributed by atoms with van der Waals surface area (Å²) in [6, 6.07) is 63.8. The quantitative estimate of drug-likeness (QED) is 0.125. The van der Waals surface area contributed by atoms with Gasteiger partial charge in [0.25, 0.3) is 0 Å². The zero-order chi connectivity index (χ0) is 48.9. The molecule has 0 saturated heterocycles. The van der Waals surface area contributed by atoms with E-state index in [1.165, 1.54) is 33.6 Å². The molecule has 0 aliphatic heterocycles. The van der Waals surface area contributed by atoms with Gasteiger partial charge in [0, 0.05) is 0 Å². The molecule has 6 aromatic rings. The van der Waals surface area contributed by atoms with Crippen LogP contribution < -0.4 is 52.2 Å². The SMILES string of the molecule is CC1=C(C)C(C)[C]([Hf+]([NH]c2ccccc2C(C)(C)C)[SiH](c2ccccc2)c2ccccc2)=C1C.CC1=C(C)C(C)[C]([Hf+]([NH]c2ccccc2C(C)(C)C)[SiH](c2ccccc2)c2ccccc2)=C1C.[Cl-].[Cl-]. The molecule has 0 fully saturated rings. The second kappa shape index (κ2) is 25.0. The van der Waals surface area contributed by atoms with Crippen molar-refractivity contribution in [1.29, 1.82) is 0 Å². The van der Waals surface area contributed by atoms with E-state index in [-0.39, 0.29) is 35.6 Å². The maximum Gasteiger partial charge on any atom is -1.00 e. The summed E-state index contributed by atoms with van der Waals surface area (Å²) in [5.41, 5.74) is 15.1. The van der Waals surface area contributed by atoms with Crippen LogP contribution in [-0.2, 0) is 52.6 Å². The monoisotopic (exact) mass is 1330 g/mol. The Morgan fingerprint density at radius 2 is 0.600 bits per heavy atom. The fraction of sp³-hybridized carbons (Fsp3) is 0.290. The van der Waals surface area contributed by atoms with E-state index < -0.39 is 53.8 Å². The molecule has 2 unspecified atom stereocenters. The molecule has 0 saturated carbocycles. The minimum Gasteiger partial charge on any atom is -1.00 e. The Bertz CT molecular complexity index is 2540. The number of anilines is 2. The summed E-state index contributed by atoms with van der Waals surface area (Å²) in [4.78, 5) is 0. The van der Waals surface area contributed by atoms with Gasteiger partial charge in [0.1, 0.15) is 0 Å². The molecule has 6 aromatic carbocycles. The van der Waals surface area contributed by atoms with Crippen LogP contribution in [0.3, 0.4) is 0 Å². The number of hydrogen-bond acceptors (Lipinski definition) is 2. The molecule has 0 spiro atoms. The molecule has 2 N–H and O–H groups in total. The van der Waals surface area contributed by atoms with Crippen molar-refractivity contribution in [3.8, 4) is 0 Å². The summed E-state index contributed by atoms with van der Waals surface area (Å²) < 4.78 is 12.3. The summed E-state index contributed by atoms with van der Waals surface area (Å²) in [5.74, 6) is -1.87. The van der Waals surface area contributed by atoms with Gasteiger partial charge in [-0.05, 0) is 0 Å². The van der Waals surface area contributed by atoms with E-state index in [4.69, 9.17) is 0 Å². The summed E-state index contributed by atoms with van der Waals surface area (Å²) in [6.07, 6.45) is 0. The van der Waals surface area contributed by atoms with Crippen LogP contribution in [0.4, 0.5) is 11.4 Å². The topological polar surface area (TPSA) is 24.1 Å². The van der Waals surface area contributed by atoms with Gasteiger partial charge in [0.15, 0.2) is 0 Å². The Balaban J connectivity index is 0.000000254. The number of nitrogens with one attached hydrogen (secondary N) is 2. The summed E-state index contributed by atoms with van der Waals surface area (Å²) in [6.45, 7) is 33.1. The van der Waals surface area contributed by atoms with Crippen molar-refractivity contribution in [3.63, 3.8) is 0 Å². The summed E-state index contributed by atoms with van der Waals surface area (Å²) in [7, 11) is 0. The predicted octanol–water partition coefficient (Wildman–Crippen LogP) is 7.46. The van der Waals surface area contributed by atoms with Crippen molar-refractivity contribution >= 4 is 44.1 Å². The fourth-order valence-electron chi connectivity index (χ4n) is 10.6. The van der Waals surface area contributed by atoms with Crippen molar-refractivity contribution in [2.75, 3.05) is 6.61 Å². The largest absolute Gasteiger partial charge is 1.00 e. The van der Waals surface area contributed by atoms with E-state index in [1.807, 2.05) is 0 Å². The molecule has 2 nitrogen and oxygen atoms in total. The third kappa shape index (κ3) is 12.9. The molecular formula is C62H76Cl2Hf2N2Si2. The maximum absolute atomic E-state index is 4.39. The second-order valence-corrected chi connectivity index (χ2v) is 59.2. The Morgan fingerprint density at radius 1 is 0.357 bits per heavy atom. The van der Waals surface area contributed by atoms with E-state index >= 15 is 0 Å². The molecule has 0 amide bonds. The molecule has 8 rings (SSSR count). The number of hydrogen-bond donors (Lipinski definition) is 2. The average molecular weight is 1330 g/mol. The number of para-hydroxylation sites is 2. The van der Waals surface area contributed by atoms with Crippen LogP contribution in [0.5, 0.6) is 0 Å². The van der Waals surface area contributed by atoms with Crippen molar-refractivity contribution in [2.24, 2.45) is 11.8 Å². The van der Waals surface area contributed by atoms with Crippen LogP contribution in [0.15, 0.2) is 210 Å². The number of benzene rings is 6. The van der Waals surface area contributed by atoms with Crippen molar-refractivity contribution in [1.82, 2.24) is 0 Å². The van der Waals surface area contributed by atoms with Gasteiger partial charge in [-0.3, -0.25) is 0 Å². The molecule has 0 aromatic heterocycles. The van der Waals surface area contributed by atoms with Crippen LogP contribution in [0.1, 0.15) is 108 Å². The minimum atomic E-state index is -2.67. The van der Waals surface area contributed by atoms with Gasteiger partial charge in [-0.25, -0.2) is 0 Å². The van der Waals surface area contributed by atoms with Gasteiger partial charge in [-0.2, -0.15) is 0 Å². The molecule has 70 heavy (non-hydrogen) atoms. The van der Waals surface area contributed by atoms with E-state index in [0.717, 1.165) is 0 Å². The molecule has 8 heteroatoms. The summed E-state index contributed by atoms with van der Waals surface area (Å²) in [5, 5.41) is 6.30. The molecule has 364 valence electrons. The molecule has 2 aliphatic rings. The van der Waals surface area contributed by atoms with Crippen LogP contribution in [0.2, 0.25) is 0 Å². The number of allylic oxidation sites excluding steroid dienone is 8. The van der Waals surface area contributed by atoms with Crippen LogP contribution in [-0.4, -0.2) is 12.0 Å². The molecule has 0 heterocycles. The van der Waals surface area contributed by atoms with Gasteiger partial charge in [-0.15, -0.1) is 0 Å². The first-order valence-electron chi connectivity index (χ1n) is 24.8. The first kappa shape index (κ1) is 57.5. The standard InChI is InChI=1S/2C12H11Si.2C10H14N.2C9H13.2ClH.2Hf/c2*1-3-7-11(8-4-1)13-12-9-5-2-6-10-12;2*1-10(2,3)8-6-4-5-7-9(8)11;2*1-6-5-7(2)9(4)8(6)3;;;;/h2*1-10,13H;2*4-7,11H,1-3H3;2*6H,1-4H3;2*1H;;/q;;2*-1;;;;;2*+2/p-2. The smallest absolute Gasteiger partial charge is 1.00 e. The molecule has 0 bridgehead atoms. The maximum atomic E-state index is 4.39. The first-order chi connectivity index (χ1) is 32.4.